The maximum Gasteiger partial charge on any atom is 0.251 e. The van der Waals surface area contributed by atoms with Gasteiger partial charge in [-0.2, -0.15) is 0 Å². The lowest BCUT2D eigenvalue weighted by molar-refractivity contribution is 0.394. The van der Waals surface area contributed by atoms with Crippen molar-refractivity contribution in [2.75, 3.05) is 12.3 Å². The third-order valence-corrected chi connectivity index (χ3v) is 4.68. The largest absolute Gasteiger partial charge is 0.313 e. The molecule has 0 saturated heterocycles. The summed E-state index contributed by atoms with van der Waals surface area (Å²) in [6.45, 7) is 5.01. The van der Waals surface area contributed by atoms with Crippen LogP contribution in [0.1, 0.15) is 38.3 Å². The number of nitrogens with zero attached hydrogens (tertiary/aromatic N) is 1. The minimum atomic E-state index is -0.0594. The Morgan fingerprint density at radius 2 is 2.26 bits per heavy atom. The minimum absolute atomic E-state index is 0.0594. The van der Waals surface area contributed by atoms with Gasteiger partial charge in [-0.3, -0.25) is 4.79 Å². The third kappa shape index (κ3) is 4.35. The quantitative estimate of drug-likeness (QED) is 0.621. The first-order valence-electron chi connectivity index (χ1n) is 7.13. The third-order valence-electron chi connectivity index (χ3n) is 3.68. The molecule has 0 aliphatic heterocycles. The van der Waals surface area contributed by atoms with Crippen molar-refractivity contribution in [3.8, 4) is 0 Å². The number of aromatic amines is 1. The Labute approximate surface area is 118 Å². The Balaban J connectivity index is 1.95. The number of H-pyrrole nitrogens is 1. The summed E-state index contributed by atoms with van der Waals surface area (Å²) in [4.78, 5) is 18.6. The van der Waals surface area contributed by atoms with Crippen molar-refractivity contribution in [2.24, 2.45) is 5.92 Å². The van der Waals surface area contributed by atoms with Gasteiger partial charge in [-0.05, 0) is 32.2 Å². The van der Waals surface area contributed by atoms with Gasteiger partial charge >= 0.3 is 0 Å². The van der Waals surface area contributed by atoms with E-state index in [-0.39, 0.29) is 5.56 Å². The molecule has 19 heavy (non-hydrogen) atoms. The zero-order chi connectivity index (χ0) is 13.7. The number of hydrogen-bond donors (Lipinski definition) is 2. The molecular weight excluding hydrogens is 258 g/mol. The van der Waals surface area contributed by atoms with Gasteiger partial charge < -0.3 is 10.3 Å². The van der Waals surface area contributed by atoms with E-state index >= 15 is 0 Å². The van der Waals surface area contributed by atoms with E-state index in [1.165, 1.54) is 31.7 Å². The van der Waals surface area contributed by atoms with Gasteiger partial charge in [-0.1, -0.05) is 31.5 Å². The van der Waals surface area contributed by atoms with Crippen molar-refractivity contribution in [1.82, 2.24) is 15.3 Å². The normalized spacial score (nSPS) is 17.8. The minimum Gasteiger partial charge on any atom is -0.313 e. The van der Waals surface area contributed by atoms with E-state index in [1.807, 2.05) is 6.92 Å². The van der Waals surface area contributed by atoms with Crippen molar-refractivity contribution < 1.29 is 0 Å². The summed E-state index contributed by atoms with van der Waals surface area (Å²) in [6, 6.07) is 2.06. The van der Waals surface area contributed by atoms with Crippen LogP contribution in [0, 0.1) is 12.8 Å². The van der Waals surface area contributed by atoms with E-state index in [9.17, 15) is 4.79 Å². The van der Waals surface area contributed by atoms with Gasteiger partial charge in [0, 0.05) is 23.6 Å². The van der Waals surface area contributed by atoms with E-state index in [1.54, 1.807) is 11.8 Å². The molecule has 1 unspecified atom stereocenters. The van der Waals surface area contributed by atoms with Crippen molar-refractivity contribution in [2.45, 2.75) is 50.7 Å². The summed E-state index contributed by atoms with van der Waals surface area (Å²) < 4.78 is 0. The van der Waals surface area contributed by atoms with Crippen LogP contribution in [0.15, 0.2) is 16.0 Å². The molecule has 1 aromatic rings. The van der Waals surface area contributed by atoms with Crippen molar-refractivity contribution in [3.63, 3.8) is 0 Å². The SMILES string of the molecule is CCNC(CSc1nc(C)cc(=O)[nH]1)C1CCCC1. The Hall–Kier alpha value is -0.810. The number of rotatable bonds is 6. The molecule has 4 nitrogen and oxygen atoms in total. The number of aryl methyl sites for hydroxylation is 1. The molecule has 1 saturated carbocycles. The summed E-state index contributed by atoms with van der Waals surface area (Å²) in [5, 5.41) is 4.32. The van der Waals surface area contributed by atoms with Crippen molar-refractivity contribution >= 4 is 11.8 Å². The first-order chi connectivity index (χ1) is 9.19. The lowest BCUT2D eigenvalue weighted by Gasteiger charge is -2.23. The Kier molecular flexibility index (Phi) is 5.45. The Morgan fingerprint density at radius 1 is 1.53 bits per heavy atom. The molecule has 5 heteroatoms. The lowest BCUT2D eigenvalue weighted by Crippen LogP contribution is -2.37. The maximum atomic E-state index is 11.4. The highest BCUT2D eigenvalue weighted by atomic mass is 32.2. The predicted molar refractivity (Wildman–Crippen MR) is 79.7 cm³/mol. The lowest BCUT2D eigenvalue weighted by atomic mass is 10.00. The second-order valence-corrected chi connectivity index (χ2v) is 6.22. The molecule has 2 rings (SSSR count). The van der Waals surface area contributed by atoms with Crippen LogP contribution in [0.5, 0.6) is 0 Å². The standard InChI is InChI=1S/C14H23N3OS/c1-3-15-12(11-6-4-5-7-11)9-19-14-16-10(2)8-13(18)17-14/h8,11-12,15H,3-7,9H2,1-2H3,(H,16,17,18). The highest BCUT2D eigenvalue weighted by Crippen LogP contribution is 2.30. The molecule has 1 atom stereocenters. The molecule has 0 bridgehead atoms. The molecule has 1 fully saturated rings. The van der Waals surface area contributed by atoms with E-state index < -0.39 is 0 Å². The highest BCUT2D eigenvalue weighted by molar-refractivity contribution is 7.99. The summed E-state index contributed by atoms with van der Waals surface area (Å²) in [6.07, 6.45) is 5.37. The number of aromatic nitrogens is 2. The van der Waals surface area contributed by atoms with Crippen LogP contribution in [-0.2, 0) is 0 Å². The van der Waals surface area contributed by atoms with Gasteiger partial charge in [-0.15, -0.1) is 0 Å². The molecule has 1 aliphatic carbocycles. The first kappa shape index (κ1) is 14.6. The average Bonchev–Trinajstić information content (AvgIpc) is 2.87. The molecule has 1 heterocycles. The first-order valence-corrected chi connectivity index (χ1v) is 8.11. The maximum absolute atomic E-state index is 11.4. The molecule has 2 N–H and O–H groups in total. The van der Waals surface area contributed by atoms with Crippen LogP contribution < -0.4 is 10.9 Å². The fourth-order valence-corrected chi connectivity index (χ4v) is 3.88. The number of thioether (sulfide) groups is 1. The zero-order valence-corrected chi connectivity index (χ0v) is 12.6. The second-order valence-electron chi connectivity index (χ2n) is 5.21. The van der Waals surface area contributed by atoms with Crippen molar-refractivity contribution in [3.05, 3.63) is 22.1 Å². The second kappa shape index (κ2) is 7.10. The van der Waals surface area contributed by atoms with Gasteiger partial charge in [0.25, 0.3) is 5.56 Å². The van der Waals surface area contributed by atoms with Gasteiger partial charge in [0.2, 0.25) is 0 Å². The van der Waals surface area contributed by atoms with Crippen molar-refractivity contribution in [1.29, 1.82) is 0 Å². The summed E-state index contributed by atoms with van der Waals surface area (Å²) in [5.74, 6) is 1.76. The van der Waals surface area contributed by atoms with E-state index in [4.69, 9.17) is 0 Å². The van der Waals surface area contributed by atoms with Crippen LogP contribution >= 0.6 is 11.8 Å². The predicted octanol–water partition coefficient (Wildman–Crippen LogP) is 2.34. The van der Waals surface area contributed by atoms with E-state index in [0.29, 0.717) is 6.04 Å². The van der Waals surface area contributed by atoms with Crippen LogP contribution in [0.2, 0.25) is 0 Å². The highest BCUT2D eigenvalue weighted by Gasteiger charge is 2.24. The summed E-state index contributed by atoms with van der Waals surface area (Å²) >= 11 is 1.65. The Morgan fingerprint density at radius 3 is 2.89 bits per heavy atom. The van der Waals surface area contributed by atoms with Gasteiger partial charge in [0.1, 0.15) is 0 Å². The number of nitrogens with one attached hydrogen (secondary N) is 2. The van der Waals surface area contributed by atoms with E-state index in [2.05, 4.69) is 22.2 Å². The smallest absolute Gasteiger partial charge is 0.251 e. The molecular formula is C14H23N3OS. The molecule has 0 amide bonds. The molecule has 0 aromatic carbocycles. The number of hydrogen-bond acceptors (Lipinski definition) is 4. The summed E-state index contributed by atoms with van der Waals surface area (Å²) in [5.41, 5.74) is 0.725. The van der Waals surface area contributed by atoms with Gasteiger partial charge in [0.05, 0.1) is 0 Å². The molecule has 1 aromatic heterocycles. The van der Waals surface area contributed by atoms with Crippen LogP contribution in [0.25, 0.3) is 0 Å². The Bertz CT molecular complexity index is 454. The van der Waals surface area contributed by atoms with Gasteiger partial charge in [-0.25, -0.2) is 4.98 Å². The molecule has 0 spiro atoms. The summed E-state index contributed by atoms with van der Waals surface area (Å²) in [7, 11) is 0. The van der Waals surface area contributed by atoms with E-state index in [0.717, 1.165) is 29.1 Å². The van der Waals surface area contributed by atoms with Crippen LogP contribution in [-0.4, -0.2) is 28.3 Å². The zero-order valence-electron chi connectivity index (χ0n) is 11.7. The molecule has 0 radical (unpaired) electrons. The molecule has 1 aliphatic rings. The topological polar surface area (TPSA) is 57.8 Å². The van der Waals surface area contributed by atoms with Crippen LogP contribution in [0.4, 0.5) is 0 Å². The fourth-order valence-electron chi connectivity index (χ4n) is 2.77. The van der Waals surface area contributed by atoms with Crippen LogP contribution in [0.3, 0.4) is 0 Å². The monoisotopic (exact) mass is 281 g/mol. The molecule has 106 valence electrons. The van der Waals surface area contributed by atoms with Gasteiger partial charge in [0.15, 0.2) is 5.16 Å². The fraction of sp³-hybridized carbons (Fsp3) is 0.714. The average molecular weight is 281 g/mol.